The van der Waals surface area contributed by atoms with Crippen molar-refractivity contribution in [2.75, 3.05) is 17.7 Å². The van der Waals surface area contributed by atoms with Crippen LogP contribution in [-0.4, -0.2) is 23.3 Å². The number of anilines is 1. The van der Waals surface area contributed by atoms with Crippen LogP contribution in [0.4, 0.5) is 18.9 Å². The molecule has 2 heterocycles. The van der Waals surface area contributed by atoms with E-state index in [2.05, 4.69) is 10.3 Å². The maximum absolute atomic E-state index is 12.7. The lowest BCUT2D eigenvalue weighted by atomic mass is 10.2. The lowest BCUT2D eigenvalue weighted by Gasteiger charge is -2.11. The van der Waals surface area contributed by atoms with Crippen LogP contribution in [0.25, 0.3) is 0 Å². The molecule has 0 spiro atoms. The number of thiophene rings is 1. The van der Waals surface area contributed by atoms with Gasteiger partial charge in [-0.25, -0.2) is 4.98 Å². The van der Waals surface area contributed by atoms with Crippen LogP contribution in [-0.2, 0) is 17.4 Å². The fraction of sp³-hybridized carbons (Fsp3) is 0.200. The smallest absolute Gasteiger partial charge is 0.416 e. The van der Waals surface area contributed by atoms with Gasteiger partial charge in [-0.3, -0.25) is 4.79 Å². The second-order valence-electron chi connectivity index (χ2n) is 5.88. The van der Waals surface area contributed by atoms with Gasteiger partial charge in [-0.05, 0) is 41.8 Å². The van der Waals surface area contributed by atoms with Crippen LogP contribution in [0, 0.1) is 0 Å². The fourth-order valence-corrected chi connectivity index (χ4v) is 3.90. The third-order valence-electron chi connectivity index (χ3n) is 3.71. The number of benzene rings is 1. The summed E-state index contributed by atoms with van der Waals surface area (Å²) in [4.78, 5) is 17.4. The molecule has 0 unspecified atom stereocenters. The van der Waals surface area contributed by atoms with Crippen molar-refractivity contribution < 1.29 is 22.7 Å². The van der Waals surface area contributed by atoms with Crippen molar-refractivity contribution in [3.63, 3.8) is 0 Å². The van der Waals surface area contributed by atoms with Crippen LogP contribution in [0.15, 0.2) is 65.1 Å². The van der Waals surface area contributed by atoms with Crippen molar-refractivity contribution in [3.8, 4) is 5.75 Å². The third kappa shape index (κ3) is 6.50. The molecule has 0 atom stereocenters. The fourth-order valence-electron chi connectivity index (χ4n) is 2.43. The summed E-state index contributed by atoms with van der Waals surface area (Å²) in [6.07, 6.45) is -2.50. The van der Waals surface area contributed by atoms with Gasteiger partial charge in [0.25, 0.3) is 0 Å². The minimum atomic E-state index is -4.40. The highest BCUT2D eigenvalue weighted by Crippen LogP contribution is 2.31. The number of halogens is 3. The summed E-state index contributed by atoms with van der Waals surface area (Å²) in [5.74, 6) is 0.481. The molecule has 0 saturated heterocycles. The summed E-state index contributed by atoms with van der Waals surface area (Å²) in [5, 5.41) is 5.39. The van der Waals surface area contributed by atoms with Crippen LogP contribution in [0.5, 0.6) is 5.75 Å². The number of aromatic nitrogens is 1. The van der Waals surface area contributed by atoms with E-state index in [0.717, 1.165) is 17.0 Å². The van der Waals surface area contributed by atoms with Gasteiger partial charge in [0.05, 0.1) is 24.3 Å². The maximum atomic E-state index is 12.7. The Hall–Kier alpha value is -2.52. The summed E-state index contributed by atoms with van der Waals surface area (Å²) in [6, 6.07) is 12.0. The first-order chi connectivity index (χ1) is 13.9. The number of amides is 1. The van der Waals surface area contributed by atoms with E-state index in [1.165, 1.54) is 35.2 Å². The average molecular weight is 438 g/mol. The second-order valence-corrected chi connectivity index (χ2v) is 8.00. The van der Waals surface area contributed by atoms with E-state index in [1.807, 2.05) is 17.5 Å². The predicted molar refractivity (Wildman–Crippen MR) is 109 cm³/mol. The maximum Gasteiger partial charge on any atom is 0.416 e. The number of alkyl halides is 3. The Morgan fingerprint density at radius 1 is 1.17 bits per heavy atom. The van der Waals surface area contributed by atoms with Crippen molar-refractivity contribution in [1.82, 2.24) is 4.98 Å². The lowest BCUT2D eigenvalue weighted by Crippen LogP contribution is -2.14. The van der Waals surface area contributed by atoms with Gasteiger partial charge in [-0.1, -0.05) is 12.1 Å². The zero-order chi connectivity index (χ0) is 20.7. The highest BCUT2D eigenvalue weighted by molar-refractivity contribution is 7.99. The Morgan fingerprint density at radius 3 is 2.79 bits per heavy atom. The summed E-state index contributed by atoms with van der Waals surface area (Å²) in [5.41, 5.74) is -0.152. The summed E-state index contributed by atoms with van der Waals surface area (Å²) >= 11 is 2.87. The Labute approximate surface area is 174 Å². The number of hydrogen-bond acceptors (Lipinski definition) is 5. The molecular formula is C20H17F3N2O2S2. The van der Waals surface area contributed by atoms with Crippen LogP contribution >= 0.6 is 23.1 Å². The van der Waals surface area contributed by atoms with E-state index in [0.29, 0.717) is 16.5 Å². The van der Waals surface area contributed by atoms with Crippen LogP contribution in [0.2, 0.25) is 0 Å². The van der Waals surface area contributed by atoms with E-state index in [4.69, 9.17) is 4.74 Å². The van der Waals surface area contributed by atoms with E-state index in [-0.39, 0.29) is 24.7 Å². The van der Waals surface area contributed by atoms with Crippen molar-refractivity contribution in [3.05, 3.63) is 70.5 Å². The molecule has 4 nitrogen and oxygen atoms in total. The van der Waals surface area contributed by atoms with Crippen molar-refractivity contribution >= 4 is 34.7 Å². The zero-order valence-electron chi connectivity index (χ0n) is 15.1. The molecule has 2 aromatic heterocycles. The first-order valence-electron chi connectivity index (χ1n) is 8.62. The quantitative estimate of drug-likeness (QED) is 0.372. The van der Waals surface area contributed by atoms with Gasteiger partial charge in [0, 0.05) is 16.8 Å². The number of rotatable bonds is 8. The molecule has 1 aromatic carbocycles. The van der Waals surface area contributed by atoms with Gasteiger partial charge in [-0.15, -0.1) is 23.1 Å². The monoisotopic (exact) mass is 438 g/mol. The molecule has 3 rings (SSSR count). The molecular weight excluding hydrogens is 421 g/mol. The van der Waals surface area contributed by atoms with Gasteiger partial charge in [0.15, 0.2) is 0 Å². The zero-order valence-corrected chi connectivity index (χ0v) is 16.7. The molecule has 152 valence electrons. The average Bonchev–Trinajstić information content (AvgIpc) is 3.19. The number of nitrogens with one attached hydrogen (secondary N) is 1. The van der Waals surface area contributed by atoms with Crippen molar-refractivity contribution in [1.29, 1.82) is 0 Å². The normalized spacial score (nSPS) is 11.3. The third-order valence-corrected chi connectivity index (χ3v) is 5.56. The van der Waals surface area contributed by atoms with Crippen molar-refractivity contribution in [2.45, 2.75) is 17.6 Å². The summed E-state index contributed by atoms with van der Waals surface area (Å²) in [6.45, 7) is 0.200. The molecule has 3 aromatic rings. The van der Waals surface area contributed by atoms with Crippen LogP contribution in [0.3, 0.4) is 0 Å². The number of carbonyl (C=O) groups is 1. The van der Waals surface area contributed by atoms with Gasteiger partial charge in [-0.2, -0.15) is 13.2 Å². The first kappa shape index (κ1) is 21.2. The predicted octanol–water partition coefficient (Wildman–Crippen LogP) is 5.51. The van der Waals surface area contributed by atoms with E-state index < -0.39 is 11.7 Å². The number of ether oxygens (including phenoxy) is 1. The molecule has 0 saturated carbocycles. The number of nitrogens with zero attached hydrogens (tertiary/aromatic N) is 1. The van der Waals surface area contributed by atoms with Gasteiger partial charge < -0.3 is 10.1 Å². The summed E-state index contributed by atoms with van der Waals surface area (Å²) < 4.78 is 43.7. The van der Waals surface area contributed by atoms with E-state index in [9.17, 15) is 18.0 Å². The molecule has 0 bridgehead atoms. The SMILES string of the molecule is O=C(Cc1cccs1)Nc1cccnc1SCCOc1cccc(C(F)(F)F)c1. The van der Waals surface area contributed by atoms with Gasteiger partial charge in [0.2, 0.25) is 5.91 Å². The second kappa shape index (κ2) is 9.80. The molecule has 0 radical (unpaired) electrons. The highest BCUT2D eigenvalue weighted by atomic mass is 32.2. The Morgan fingerprint density at radius 2 is 2.03 bits per heavy atom. The molecule has 0 aliphatic heterocycles. The Kier molecular flexibility index (Phi) is 7.16. The van der Waals surface area contributed by atoms with Crippen molar-refractivity contribution in [2.24, 2.45) is 0 Å². The topological polar surface area (TPSA) is 51.2 Å². The standard InChI is InChI=1S/C20H17F3N2O2S2/c21-20(22,23)14-4-1-5-15(12-14)27-9-11-29-19-17(7-2-8-24-19)25-18(26)13-16-6-3-10-28-16/h1-8,10,12H,9,11,13H2,(H,25,26). The first-order valence-corrected chi connectivity index (χ1v) is 10.5. The lowest BCUT2D eigenvalue weighted by molar-refractivity contribution is -0.137. The number of thioether (sulfide) groups is 1. The number of carbonyl (C=O) groups excluding carboxylic acids is 1. The Balaban J connectivity index is 1.52. The minimum Gasteiger partial charge on any atom is -0.493 e. The van der Waals surface area contributed by atoms with Crippen LogP contribution in [0.1, 0.15) is 10.4 Å². The molecule has 1 amide bonds. The molecule has 0 aliphatic carbocycles. The molecule has 0 fully saturated rings. The molecule has 29 heavy (non-hydrogen) atoms. The van der Waals surface area contributed by atoms with Gasteiger partial charge >= 0.3 is 6.18 Å². The highest BCUT2D eigenvalue weighted by Gasteiger charge is 2.30. The largest absolute Gasteiger partial charge is 0.493 e. The molecule has 1 N–H and O–H groups in total. The minimum absolute atomic E-state index is 0.137. The molecule has 9 heteroatoms. The van der Waals surface area contributed by atoms with Gasteiger partial charge in [0.1, 0.15) is 10.8 Å². The van der Waals surface area contributed by atoms with Crippen LogP contribution < -0.4 is 10.1 Å². The summed E-state index contributed by atoms with van der Waals surface area (Å²) in [7, 11) is 0. The Bertz CT molecular complexity index is 947. The van der Waals surface area contributed by atoms with E-state index in [1.54, 1.807) is 18.3 Å². The molecule has 0 aliphatic rings. The number of hydrogen-bond donors (Lipinski definition) is 1. The van der Waals surface area contributed by atoms with E-state index >= 15 is 0 Å². The number of pyridine rings is 1.